The van der Waals surface area contributed by atoms with Gasteiger partial charge in [0.05, 0.1) is 0 Å². The van der Waals surface area contributed by atoms with Crippen LogP contribution in [0, 0.1) is 6.92 Å². The summed E-state index contributed by atoms with van der Waals surface area (Å²) in [5, 5.41) is 0. The molecule has 1 aromatic heterocycles. The normalized spacial score (nSPS) is 22.8. The van der Waals surface area contributed by atoms with Crippen LogP contribution in [0.25, 0.3) is 0 Å². The molecule has 2 nitrogen and oxygen atoms in total. The summed E-state index contributed by atoms with van der Waals surface area (Å²) in [6, 6.07) is 0. The summed E-state index contributed by atoms with van der Waals surface area (Å²) < 4.78 is 0. The first kappa shape index (κ1) is 6.58. The highest BCUT2D eigenvalue weighted by molar-refractivity contribution is 5.38. The van der Waals surface area contributed by atoms with Crippen molar-refractivity contribution >= 4 is 0 Å². The quantitative estimate of drug-likeness (QED) is 0.578. The van der Waals surface area contributed by atoms with E-state index in [1.54, 1.807) is 0 Å². The van der Waals surface area contributed by atoms with Gasteiger partial charge in [-0.15, -0.1) is 0 Å². The Morgan fingerprint density at radius 1 is 1.33 bits per heavy atom. The van der Waals surface area contributed by atoms with E-state index in [0.717, 1.165) is 5.82 Å². The summed E-state index contributed by atoms with van der Waals surface area (Å²) in [7, 11) is 0. The Bertz CT molecular complexity index is 340. The van der Waals surface area contributed by atoms with Crippen LogP contribution in [-0.2, 0) is 11.8 Å². The SMILES string of the molecule is Cc1ncc2c(n1)CCC21CC1. The van der Waals surface area contributed by atoms with Crippen LogP contribution in [0.2, 0.25) is 0 Å². The predicted octanol–water partition coefficient (Wildman–Crippen LogP) is 1.76. The van der Waals surface area contributed by atoms with Crippen LogP contribution >= 0.6 is 0 Å². The third kappa shape index (κ3) is 0.701. The first-order valence-corrected chi connectivity index (χ1v) is 4.63. The minimum Gasteiger partial charge on any atom is -0.241 e. The van der Waals surface area contributed by atoms with Crippen molar-refractivity contribution in [3.05, 3.63) is 23.3 Å². The number of hydrogen-bond donors (Lipinski definition) is 0. The van der Waals surface area contributed by atoms with Crippen LogP contribution in [-0.4, -0.2) is 9.97 Å². The van der Waals surface area contributed by atoms with Crippen molar-refractivity contribution in [1.29, 1.82) is 0 Å². The Kier molecular flexibility index (Phi) is 1.03. The van der Waals surface area contributed by atoms with Crippen LogP contribution < -0.4 is 0 Å². The van der Waals surface area contributed by atoms with E-state index in [4.69, 9.17) is 0 Å². The molecule has 0 N–H and O–H groups in total. The average Bonchev–Trinajstić information content (AvgIpc) is 2.73. The molecule has 12 heavy (non-hydrogen) atoms. The Balaban J connectivity index is 2.18. The molecule has 0 aromatic carbocycles. The fraction of sp³-hybridized carbons (Fsp3) is 0.600. The molecule has 1 spiro atoms. The predicted molar refractivity (Wildman–Crippen MR) is 46.0 cm³/mol. The third-order valence-corrected chi connectivity index (χ3v) is 3.25. The Hall–Kier alpha value is -0.920. The Labute approximate surface area is 72.0 Å². The monoisotopic (exact) mass is 160 g/mol. The lowest BCUT2D eigenvalue weighted by molar-refractivity contribution is 0.679. The number of rotatable bonds is 0. The highest BCUT2D eigenvalue weighted by Gasteiger charge is 2.49. The third-order valence-electron chi connectivity index (χ3n) is 3.25. The van der Waals surface area contributed by atoms with Gasteiger partial charge in [0.1, 0.15) is 5.82 Å². The zero-order chi connectivity index (χ0) is 8.18. The van der Waals surface area contributed by atoms with Gasteiger partial charge in [0, 0.05) is 11.9 Å². The molecule has 2 heteroatoms. The minimum absolute atomic E-state index is 0.545. The van der Waals surface area contributed by atoms with Crippen molar-refractivity contribution in [3.63, 3.8) is 0 Å². The van der Waals surface area contributed by atoms with E-state index in [2.05, 4.69) is 16.2 Å². The number of hydrogen-bond acceptors (Lipinski definition) is 2. The minimum atomic E-state index is 0.545. The smallest absolute Gasteiger partial charge is 0.125 e. The lowest BCUT2D eigenvalue weighted by Gasteiger charge is -2.05. The maximum atomic E-state index is 4.48. The first-order chi connectivity index (χ1) is 5.80. The summed E-state index contributed by atoms with van der Waals surface area (Å²) in [5.41, 5.74) is 3.32. The molecular formula is C10H12N2. The van der Waals surface area contributed by atoms with E-state index in [0.29, 0.717) is 5.41 Å². The second-order valence-corrected chi connectivity index (χ2v) is 4.06. The van der Waals surface area contributed by atoms with E-state index >= 15 is 0 Å². The average molecular weight is 160 g/mol. The van der Waals surface area contributed by atoms with Gasteiger partial charge in [-0.25, -0.2) is 9.97 Å². The molecule has 0 unspecified atom stereocenters. The second-order valence-electron chi connectivity index (χ2n) is 4.06. The number of aryl methyl sites for hydroxylation is 2. The van der Waals surface area contributed by atoms with E-state index < -0.39 is 0 Å². The van der Waals surface area contributed by atoms with E-state index in [-0.39, 0.29) is 0 Å². The summed E-state index contributed by atoms with van der Waals surface area (Å²) in [5.74, 6) is 0.923. The molecule has 0 aliphatic heterocycles. The molecule has 3 rings (SSSR count). The summed E-state index contributed by atoms with van der Waals surface area (Å²) in [4.78, 5) is 8.75. The molecule has 1 saturated carbocycles. The molecular weight excluding hydrogens is 148 g/mol. The molecule has 62 valence electrons. The van der Waals surface area contributed by atoms with Crippen molar-refractivity contribution < 1.29 is 0 Å². The molecule has 0 bridgehead atoms. The molecule has 1 fully saturated rings. The molecule has 0 saturated heterocycles. The van der Waals surface area contributed by atoms with E-state index in [1.165, 1.54) is 36.9 Å². The molecule has 1 heterocycles. The van der Waals surface area contributed by atoms with E-state index in [1.807, 2.05) is 6.92 Å². The van der Waals surface area contributed by atoms with Crippen molar-refractivity contribution in [1.82, 2.24) is 9.97 Å². The van der Waals surface area contributed by atoms with Crippen LogP contribution in [0.15, 0.2) is 6.20 Å². The van der Waals surface area contributed by atoms with Gasteiger partial charge in [0.15, 0.2) is 0 Å². The second kappa shape index (κ2) is 1.87. The molecule has 0 amide bonds. The summed E-state index contributed by atoms with van der Waals surface area (Å²) in [6.45, 7) is 1.97. The van der Waals surface area contributed by atoms with Crippen molar-refractivity contribution in [2.75, 3.05) is 0 Å². The standard InChI is InChI=1S/C10H12N2/c1-7-11-6-8-9(12-7)2-3-10(8)4-5-10/h6H,2-5H2,1H3. The van der Waals surface area contributed by atoms with Gasteiger partial charge in [-0.2, -0.15) is 0 Å². The van der Waals surface area contributed by atoms with Gasteiger partial charge in [-0.05, 0) is 43.6 Å². The topological polar surface area (TPSA) is 25.8 Å². The van der Waals surface area contributed by atoms with Gasteiger partial charge in [0.2, 0.25) is 0 Å². The lowest BCUT2D eigenvalue weighted by Crippen LogP contribution is -2.02. The highest BCUT2D eigenvalue weighted by Crippen LogP contribution is 2.55. The lowest BCUT2D eigenvalue weighted by atomic mass is 10.0. The van der Waals surface area contributed by atoms with Crippen LogP contribution in [0.5, 0.6) is 0 Å². The van der Waals surface area contributed by atoms with Gasteiger partial charge in [-0.1, -0.05) is 0 Å². The maximum absolute atomic E-state index is 4.48. The fourth-order valence-electron chi connectivity index (χ4n) is 2.31. The molecule has 2 aliphatic carbocycles. The summed E-state index contributed by atoms with van der Waals surface area (Å²) >= 11 is 0. The molecule has 0 radical (unpaired) electrons. The first-order valence-electron chi connectivity index (χ1n) is 4.63. The van der Waals surface area contributed by atoms with Gasteiger partial charge < -0.3 is 0 Å². The van der Waals surface area contributed by atoms with Crippen LogP contribution in [0.4, 0.5) is 0 Å². The van der Waals surface area contributed by atoms with Crippen LogP contribution in [0.1, 0.15) is 36.3 Å². The van der Waals surface area contributed by atoms with Crippen molar-refractivity contribution in [2.24, 2.45) is 0 Å². The molecule has 1 aromatic rings. The Morgan fingerprint density at radius 2 is 2.17 bits per heavy atom. The maximum Gasteiger partial charge on any atom is 0.125 e. The van der Waals surface area contributed by atoms with Gasteiger partial charge in [0.25, 0.3) is 0 Å². The Morgan fingerprint density at radius 3 is 2.92 bits per heavy atom. The van der Waals surface area contributed by atoms with Crippen LogP contribution in [0.3, 0.4) is 0 Å². The van der Waals surface area contributed by atoms with Gasteiger partial charge >= 0.3 is 0 Å². The highest BCUT2D eigenvalue weighted by atomic mass is 14.9. The zero-order valence-electron chi connectivity index (χ0n) is 7.30. The van der Waals surface area contributed by atoms with Gasteiger partial charge in [-0.3, -0.25) is 0 Å². The fourth-order valence-corrected chi connectivity index (χ4v) is 2.31. The van der Waals surface area contributed by atoms with E-state index in [9.17, 15) is 0 Å². The molecule has 2 aliphatic rings. The number of fused-ring (bicyclic) bond motifs is 2. The largest absolute Gasteiger partial charge is 0.241 e. The van der Waals surface area contributed by atoms with Crippen molar-refractivity contribution in [3.8, 4) is 0 Å². The molecule has 0 atom stereocenters. The zero-order valence-corrected chi connectivity index (χ0v) is 7.30. The number of aromatic nitrogens is 2. The van der Waals surface area contributed by atoms with Crippen molar-refractivity contribution in [2.45, 2.75) is 38.0 Å². The number of nitrogens with zero attached hydrogens (tertiary/aromatic N) is 2. The summed E-state index contributed by atoms with van der Waals surface area (Å²) in [6.07, 6.45) is 7.29.